The van der Waals surface area contributed by atoms with Crippen molar-refractivity contribution in [2.75, 3.05) is 20.1 Å². The number of pyridine rings is 1. The lowest BCUT2D eigenvalue weighted by Gasteiger charge is -2.34. The van der Waals surface area contributed by atoms with Gasteiger partial charge in [0.2, 0.25) is 0 Å². The number of hydrogen-bond acceptors (Lipinski definition) is 3. The summed E-state index contributed by atoms with van der Waals surface area (Å²) in [4.78, 5) is 6.59. The van der Waals surface area contributed by atoms with Gasteiger partial charge in [0.1, 0.15) is 0 Å². The zero-order valence-corrected chi connectivity index (χ0v) is 12.6. The van der Waals surface area contributed by atoms with Gasteiger partial charge in [-0.2, -0.15) is 0 Å². The van der Waals surface area contributed by atoms with Gasteiger partial charge in [0.05, 0.1) is 0 Å². The van der Waals surface area contributed by atoms with Crippen LogP contribution in [-0.4, -0.2) is 36.1 Å². The average Bonchev–Trinajstić information content (AvgIpc) is 3.18. The second kappa shape index (κ2) is 6.23. The first-order valence-corrected chi connectivity index (χ1v) is 8.07. The molecule has 2 aliphatic rings. The van der Waals surface area contributed by atoms with Crippen molar-refractivity contribution in [2.45, 2.75) is 51.1 Å². The molecule has 20 heavy (non-hydrogen) atoms. The summed E-state index contributed by atoms with van der Waals surface area (Å²) in [6.45, 7) is 3.47. The Bertz CT molecular complexity index is 408. The maximum absolute atomic E-state index is 4.10. The summed E-state index contributed by atoms with van der Waals surface area (Å²) in [5.41, 5.74) is 1.88. The lowest BCUT2D eigenvalue weighted by Crippen LogP contribution is -2.41. The third kappa shape index (κ3) is 3.80. The Labute approximate surface area is 122 Å². The molecule has 1 aromatic rings. The van der Waals surface area contributed by atoms with Crippen LogP contribution in [0.15, 0.2) is 24.5 Å². The molecule has 0 radical (unpaired) electrons. The number of rotatable bonds is 7. The van der Waals surface area contributed by atoms with Crippen LogP contribution in [-0.2, 0) is 6.54 Å². The van der Waals surface area contributed by atoms with Crippen LogP contribution in [0.5, 0.6) is 0 Å². The Morgan fingerprint density at radius 2 is 1.95 bits per heavy atom. The van der Waals surface area contributed by atoms with Crippen molar-refractivity contribution in [3.8, 4) is 0 Å². The van der Waals surface area contributed by atoms with Gasteiger partial charge in [0.15, 0.2) is 0 Å². The van der Waals surface area contributed by atoms with Gasteiger partial charge in [-0.05, 0) is 55.8 Å². The molecule has 3 heteroatoms. The minimum atomic E-state index is 0.518. The molecular formula is C17H27N3. The molecule has 0 aromatic carbocycles. The van der Waals surface area contributed by atoms with E-state index in [0.29, 0.717) is 5.41 Å². The second-order valence-corrected chi connectivity index (χ2v) is 6.89. The van der Waals surface area contributed by atoms with Gasteiger partial charge in [-0.25, -0.2) is 0 Å². The summed E-state index contributed by atoms with van der Waals surface area (Å²) in [5.74, 6) is 0. The second-order valence-electron chi connectivity index (χ2n) is 6.89. The molecule has 3 nitrogen and oxygen atoms in total. The normalized spacial score (nSPS) is 21.5. The molecule has 0 atom stereocenters. The third-order valence-corrected chi connectivity index (χ3v) is 4.81. The Hall–Kier alpha value is -0.930. The Morgan fingerprint density at radius 3 is 2.60 bits per heavy atom. The summed E-state index contributed by atoms with van der Waals surface area (Å²) >= 11 is 0. The van der Waals surface area contributed by atoms with Gasteiger partial charge in [-0.15, -0.1) is 0 Å². The average molecular weight is 273 g/mol. The van der Waals surface area contributed by atoms with Gasteiger partial charge < -0.3 is 10.2 Å². The first-order chi connectivity index (χ1) is 9.76. The summed E-state index contributed by atoms with van der Waals surface area (Å²) in [5, 5.41) is 3.77. The number of hydrogen-bond donors (Lipinski definition) is 1. The summed E-state index contributed by atoms with van der Waals surface area (Å²) < 4.78 is 0. The fraction of sp³-hybridized carbons (Fsp3) is 0.706. The largest absolute Gasteiger partial charge is 0.313 e. The fourth-order valence-electron chi connectivity index (χ4n) is 3.59. The van der Waals surface area contributed by atoms with E-state index in [-0.39, 0.29) is 0 Å². The predicted octanol–water partition coefficient (Wildman–Crippen LogP) is 2.83. The maximum atomic E-state index is 4.10. The van der Waals surface area contributed by atoms with Crippen LogP contribution in [0, 0.1) is 5.41 Å². The highest BCUT2D eigenvalue weighted by Crippen LogP contribution is 2.39. The van der Waals surface area contributed by atoms with Crippen molar-refractivity contribution in [2.24, 2.45) is 5.41 Å². The van der Waals surface area contributed by atoms with Gasteiger partial charge >= 0.3 is 0 Å². The molecule has 1 N–H and O–H groups in total. The lowest BCUT2D eigenvalue weighted by molar-refractivity contribution is 0.167. The van der Waals surface area contributed by atoms with Crippen LogP contribution in [0.2, 0.25) is 0 Å². The highest BCUT2D eigenvalue weighted by molar-refractivity contribution is 5.09. The van der Waals surface area contributed by atoms with Gasteiger partial charge in [0.25, 0.3) is 0 Å². The molecule has 1 aromatic heterocycles. The van der Waals surface area contributed by atoms with E-state index in [1.54, 1.807) is 0 Å². The molecule has 0 unspecified atom stereocenters. The summed E-state index contributed by atoms with van der Waals surface area (Å²) in [7, 11) is 2.26. The first kappa shape index (κ1) is 14.0. The van der Waals surface area contributed by atoms with Crippen LogP contribution in [0.25, 0.3) is 0 Å². The Morgan fingerprint density at radius 1 is 1.25 bits per heavy atom. The van der Waals surface area contributed by atoms with Crippen molar-refractivity contribution in [3.05, 3.63) is 30.1 Å². The van der Waals surface area contributed by atoms with Crippen LogP contribution < -0.4 is 5.32 Å². The number of nitrogens with one attached hydrogen (secondary N) is 1. The lowest BCUT2D eigenvalue weighted by atomic mass is 9.85. The molecule has 2 saturated carbocycles. The maximum Gasteiger partial charge on any atom is 0.0271 e. The van der Waals surface area contributed by atoms with E-state index >= 15 is 0 Å². The van der Waals surface area contributed by atoms with Gasteiger partial charge in [-0.3, -0.25) is 4.98 Å². The van der Waals surface area contributed by atoms with Crippen molar-refractivity contribution < 1.29 is 0 Å². The van der Waals surface area contributed by atoms with Crippen molar-refractivity contribution in [1.82, 2.24) is 15.2 Å². The molecule has 0 saturated heterocycles. The summed E-state index contributed by atoms with van der Waals surface area (Å²) in [6.07, 6.45) is 12.2. The monoisotopic (exact) mass is 273 g/mol. The van der Waals surface area contributed by atoms with Crippen LogP contribution >= 0.6 is 0 Å². The molecule has 0 amide bonds. The molecular weight excluding hydrogens is 246 g/mol. The molecule has 0 aliphatic heterocycles. The van der Waals surface area contributed by atoms with E-state index in [1.807, 2.05) is 12.4 Å². The predicted molar refractivity (Wildman–Crippen MR) is 82.5 cm³/mol. The number of aromatic nitrogens is 1. The highest BCUT2D eigenvalue weighted by atomic mass is 15.1. The summed E-state index contributed by atoms with van der Waals surface area (Å²) in [6, 6.07) is 5.08. The van der Waals surface area contributed by atoms with E-state index in [9.17, 15) is 0 Å². The van der Waals surface area contributed by atoms with Crippen LogP contribution in [0.1, 0.15) is 44.1 Å². The SMILES string of the molecule is CN(Cc1ccncc1)CC1(CNC2CC2)CCCC1. The molecule has 3 rings (SSSR count). The third-order valence-electron chi connectivity index (χ3n) is 4.81. The zero-order valence-electron chi connectivity index (χ0n) is 12.6. The van der Waals surface area contributed by atoms with Gasteiger partial charge in [-0.1, -0.05) is 12.8 Å². The van der Waals surface area contributed by atoms with Crippen molar-refractivity contribution >= 4 is 0 Å². The van der Waals surface area contributed by atoms with E-state index in [4.69, 9.17) is 0 Å². The van der Waals surface area contributed by atoms with Gasteiger partial charge in [0, 0.05) is 38.1 Å². The molecule has 2 fully saturated rings. The van der Waals surface area contributed by atoms with E-state index in [2.05, 4.69) is 34.4 Å². The van der Waals surface area contributed by atoms with E-state index in [0.717, 1.165) is 12.6 Å². The molecule has 1 heterocycles. The fourth-order valence-corrected chi connectivity index (χ4v) is 3.59. The van der Waals surface area contributed by atoms with E-state index < -0.39 is 0 Å². The van der Waals surface area contributed by atoms with Crippen molar-refractivity contribution in [3.63, 3.8) is 0 Å². The Balaban J connectivity index is 1.54. The zero-order chi connectivity index (χ0) is 13.8. The highest BCUT2D eigenvalue weighted by Gasteiger charge is 2.36. The smallest absolute Gasteiger partial charge is 0.0271 e. The molecule has 2 aliphatic carbocycles. The quantitative estimate of drug-likeness (QED) is 0.828. The molecule has 110 valence electrons. The minimum absolute atomic E-state index is 0.518. The van der Waals surface area contributed by atoms with Crippen LogP contribution in [0.3, 0.4) is 0 Å². The topological polar surface area (TPSA) is 28.2 Å². The van der Waals surface area contributed by atoms with E-state index in [1.165, 1.54) is 57.2 Å². The first-order valence-electron chi connectivity index (χ1n) is 8.07. The van der Waals surface area contributed by atoms with Crippen molar-refractivity contribution in [1.29, 1.82) is 0 Å². The van der Waals surface area contributed by atoms with Crippen LogP contribution in [0.4, 0.5) is 0 Å². The number of nitrogens with zero attached hydrogens (tertiary/aromatic N) is 2. The minimum Gasteiger partial charge on any atom is -0.313 e. The standard InChI is InChI=1S/C17H27N3/c1-20(12-15-6-10-18-11-7-15)14-17(8-2-3-9-17)13-19-16-4-5-16/h6-7,10-11,16,19H,2-5,8-9,12-14H2,1H3. The Kier molecular flexibility index (Phi) is 4.37. The molecule has 0 bridgehead atoms. The molecule has 0 spiro atoms.